The summed E-state index contributed by atoms with van der Waals surface area (Å²) in [4.78, 5) is 26.1. The van der Waals surface area contributed by atoms with E-state index in [2.05, 4.69) is 5.10 Å². The van der Waals surface area contributed by atoms with Crippen molar-refractivity contribution in [2.24, 2.45) is 0 Å². The molecule has 0 bridgehead atoms. The largest absolute Gasteiger partial charge is 0.452 e. The van der Waals surface area contributed by atoms with E-state index in [-0.39, 0.29) is 43.6 Å². The molecule has 1 amide bonds. The van der Waals surface area contributed by atoms with E-state index in [4.69, 9.17) is 9.15 Å². The number of ether oxygens (including phenoxy) is 1. The molecule has 174 valence electrons. The zero-order valence-corrected chi connectivity index (χ0v) is 18.7. The highest BCUT2D eigenvalue weighted by Crippen LogP contribution is 2.14. The molecule has 0 saturated carbocycles. The summed E-state index contributed by atoms with van der Waals surface area (Å²) in [5.74, 6) is -0.664. The quantitative estimate of drug-likeness (QED) is 0.455. The van der Waals surface area contributed by atoms with Crippen LogP contribution in [0, 0.1) is 0 Å². The van der Waals surface area contributed by atoms with Gasteiger partial charge in [-0.3, -0.25) is 9.48 Å². The first-order chi connectivity index (χ1) is 15.9. The lowest BCUT2D eigenvalue weighted by atomic mass is 10.2. The Morgan fingerprint density at radius 1 is 1.00 bits per heavy atom. The number of piperazine rings is 1. The molecule has 0 aliphatic carbocycles. The molecule has 1 aliphatic heterocycles. The van der Waals surface area contributed by atoms with Crippen LogP contribution in [0.1, 0.15) is 21.9 Å². The van der Waals surface area contributed by atoms with E-state index in [0.29, 0.717) is 17.9 Å². The van der Waals surface area contributed by atoms with Gasteiger partial charge in [0.15, 0.2) is 6.61 Å². The van der Waals surface area contributed by atoms with Crippen molar-refractivity contribution in [2.75, 3.05) is 32.8 Å². The predicted molar refractivity (Wildman–Crippen MR) is 118 cm³/mol. The van der Waals surface area contributed by atoms with Crippen LogP contribution in [-0.2, 0) is 31.9 Å². The maximum atomic E-state index is 12.6. The maximum Gasteiger partial charge on any atom is 0.374 e. The van der Waals surface area contributed by atoms with Crippen LogP contribution in [0.3, 0.4) is 0 Å². The van der Waals surface area contributed by atoms with E-state index in [0.717, 1.165) is 0 Å². The van der Waals surface area contributed by atoms with E-state index in [1.807, 2.05) is 6.07 Å². The number of sulfonamides is 1. The molecule has 10 nitrogen and oxygen atoms in total. The van der Waals surface area contributed by atoms with Crippen molar-refractivity contribution in [3.8, 4) is 0 Å². The van der Waals surface area contributed by atoms with Gasteiger partial charge in [0.05, 0.1) is 12.3 Å². The molecule has 3 aromatic rings. The van der Waals surface area contributed by atoms with E-state index in [1.54, 1.807) is 53.5 Å². The summed E-state index contributed by atoms with van der Waals surface area (Å²) in [7, 11) is -3.47. The second-order valence-electron chi connectivity index (χ2n) is 7.57. The van der Waals surface area contributed by atoms with Crippen molar-refractivity contribution in [1.29, 1.82) is 0 Å². The summed E-state index contributed by atoms with van der Waals surface area (Å²) >= 11 is 0. The second-order valence-corrected chi connectivity index (χ2v) is 9.54. The minimum Gasteiger partial charge on any atom is -0.452 e. The van der Waals surface area contributed by atoms with Gasteiger partial charge in [0.25, 0.3) is 5.91 Å². The van der Waals surface area contributed by atoms with Gasteiger partial charge in [0.1, 0.15) is 5.76 Å². The third kappa shape index (κ3) is 5.88. The Bertz CT molecular complexity index is 1180. The molecule has 0 atom stereocenters. The Balaban J connectivity index is 1.23. The number of aromatic nitrogens is 2. The molecule has 1 fully saturated rings. The van der Waals surface area contributed by atoms with Crippen LogP contribution < -0.4 is 0 Å². The maximum absolute atomic E-state index is 12.6. The Labute approximate surface area is 191 Å². The highest BCUT2D eigenvalue weighted by Gasteiger charge is 2.29. The smallest absolute Gasteiger partial charge is 0.374 e. The lowest BCUT2D eigenvalue weighted by molar-refractivity contribution is -0.135. The van der Waals surface area contributed by atoms with Crippen LogP contribution in [0.25, 0.3) is 0 Å². The summed E-state index contributed by atoms with van der Waals surface area (Å²) in [5.41, 5.74) is 0.716. The van der Waals surface area contributed by atoms with Gasteiger partial charge in [0, 0.05) is 38.6 Å². The number of carbonyl (C=O) groups excluding carboxylic acids is 2. The Morgan fingerprint density at radius 3 is 2.45 bits per heavy atom. The van der Waals surface area contributed by atoms with E-state index in [9.17, 15) is 18.0 Å². The molecule has 0 radical (unpaired) electrons. The number of carbonyl (C=O) groups is 2. The molecule has 0 unspecified atom stereocenters. The van der Waals surface area contributed by atoms with Crippen molar-refractivity contribution in [3.05, 3.63) is 78.0 Å². The zero-order chi connectivity index (χ0) is 23.3. The van der Waals surface area contributed by atoms with Crippen LogP contribution >= 0.6 is 0 Å². The molecular formula is C22H24N4O6S. The molecule has 4 rings (SSSR count). The van der Waals surface area contributed by atoms with Gasteiger partial charge in [-0.15, -0.1) is 0 Å². The average molecular weight is 473 g/mol. The van der Waals surface area contributed by atoms with E-state index in [1.165, 1.54) is 15.3 Å². The molecular weight excluding hydrogens is 448 g/mol. The van der Waals surface area contributed by atoms with Crippen LogP contribution in [0.4, 0.5) is 0 Å². The molecule has 1 aromatic carbocycles. The minimum atomic E-state index is -3.47. The number of nitrogens with zero attached hydrogens (tertiary/aromatic N) is 4. The minimum absolute atomic E-state index is 0.00165. The van der Waals surface area contributed by atoms with Gasteiger partial charge in [-0.05, 0) is 23.8 Å². The highest BCUT2D eigenvalue weighted by atomic mass is 32.2. The number of rotatable bonds is 8. The van der Waals surface area contributed by atoms with Crippen LogP contribution in [-0.4, -0.2) is 72.1 Å². The molecule has 2 aromatic heterocycles. The lowest BCUT2D eigenvalue weighted by Crippen LogP contribution is -2.51. The summed E-state index contributed by atoms with van der Waals surface area (Å²) in [6, 6.07) is 13.9. The molecule has 33 heavy (non-hydrogen) atoms. The Kier molecular flexibility index (Phi) is 6.90. The fraction of sp³-hybridized carbons (Fsp3) is 0.318. The normalized spacial score (nSPS) is 14.8. The average Bonchev–Trinajstić information content (AvgIpc) is 3.50. The topological polar surface area (TPSA) is 115 Å². The van der Waals surface area contributed by atoms with Gasteiger partial charge in [-0.2, -0.15) is 9.40 Å². The van der Waals surface area contributed by atoms with Crippen LogP contribution in [0.15, 0.2) is 65.3 Å². The van der Waals surface area contributed by atoms with Gasteiger partial charge >= 0.3 is 5.97 Å². The van der Waals surface area contributed by atoms with E-state index >= 15 is 0 Å². The van der Waals surface area contributed by atoms with Crippen molar-refractivity contribution < 1.29 is 27.2 Å². The Morgan fingerprint density at radius 2 is 1.76 bits per heavy atom. The standard InChI is InChI=1S/C22H24N4O6S/c27-21(16-31-22(28)20-8-7-19(32-20)15-25-10-4-9-23-25)24-11-13-26(14-12-24)33(29,30)17-18-5-2-1-3-6-18/h1-10H,11-17H2. The molecule has 1 saturated heterocycles. The second kappa shape index (κ2) is 10.0. The lowest BCUT2D eigenvalue weighted by Gasteiger charge is -2.33. The fourth-order valence-corrected chi connectivity index (χ4v) is 5.02. The van der Waals surface area contributed by atoms with Crippen molar-refractivity contribution in [3.63, 3.8) is 0 Å². The first-order valence-corrected chi connectivity index (χ1v) is 12.0. The summed E-state index contributed by atoms with van der Waals surface area (Å²) < 4.78 is 38.9. The summed E-state index contributed by atoms with van der Waals surface area (Å²) in [6.07, 6.45) is 3.41. The number of hydrogen-bond donors (Lipinski definition) is 0. The van der Waals surface area contributed by atoms with Crippen LogP contribution in [0.5, 0.6) is 0 Å². The molecule has 1 aliphatic rings. The number of hydrogen-bond acceptors (Lipinski definition) is 7. The SMILES string of the molecule is O=C(OCC(=O)N1CCN(S(=O)(=O)Cc2ccccc2)CC1)c1ccc(Cn2cccn2)o1. The number of amides is 1. The van der Waals surface area contributed by atoms with Crippen molar-refractivity contribution in [1.82, 2.24) is 19.0 Å². The third-order valence-electron chi connectivity index (χ3n) is 5.24. The number of benzene rings is 1. The Hall–Kier alpha value is -3.44. The summed E-state index contributed by atoms with van der Waals surface area (Å²) in [6.45, 7) is 0.799. The highest BCUT2D eigenvalue weighted by molar-refractivity contribution is 7.88. The zero-order valence-electron chi connectivity index (χ0n) is 17.9. The van der Waals surface area contributed by atoms with E-state index < -0.39 is 22.6 Å². The van der Waals surface area contributed by atoms with Gasteiger partial charge in [-0.1, -0.05) is 30.3 Å². The molecule has 11 heteroatoms. The third-order valence-corrected chi connectivity index (χ3v) is 7.09. The van der Waals surface area contributed by atoms with Gasteiger partial charge in [0.2, 0.25) is 15.8 Å². The summed E-state index contributed by atoms with van der Waals surface area (Å²) in [5, 5.41) is 4.07. The van der Waals surface area contributed by atoms with Gasteiger partial charge in [-0.25, -0.2) is 13.2 Å². The van der Waals surface area contributed by atoms with Crippen molar-refractivity contribution in [2.45, 2.75) is 12.3 Å². The van der Waals surface area contributed by atoms with Gasteiger partial charge < -0.3 is 14.1 Å². The first kappa shape index (κ1) is 22.7. The number of esters is 1. The predicted octanol–water partition coefficient (Wildman–Crippen LogP) is 1.36. The molecule has 0 spiro atoms. The van der Waals surface area contributed by atoms with Crippen LogP contribution in [0.2, 0.25) is 0 Å². The number of furan rings is 1. The molecule has 0 N–H and O–H groups in total. The van der Waals surface area contributed by atoms with Crippen molar-refractivity contribution >= 4 is 21.9 Å². The molecule has 3 heterocycles. The fourth-order valence-electron chi connectivity index (χ4n) is 3.51. The first-order valence-electron chi connectivity index (χ1n) is 10.4. The monoisotopic (exact) mass is 472 g/mol.